The summed E-state index contributed by atoms with van der Waals surface area (Å²) in [4.78, 5) is 22.8. The molecule has 0 bridgehead atoms. The molecule has 0 fully saturated rings. The molecule has 6 heteroatoms. The highest BCUT2D eigenvalue weighted by Crippen LogP contribution is 2.23. The Bertz CT molecular complexity index is 562. The highest BCUT2D eigenvalue weighted by atomic mass is 79.9. The molecule has 0 unspecified atom stereocenters. The third-order valence-electron chi connectivity index (χ3n) is 3.55. The number of carbonyl (C=O) groups is 1. The summed E-state index contributed by atoms with van der Waals surface area (Å²) < 4.78 is 0. The predicted octanol–water partition coefficient (Wildman–Crippen LogP) is 3.72. The lowest BCUT2D eigenvalue weighted by Gasteiger charge is -2.16. The maximum absolute atomic E-state index is 12.2. The third-order valence-corrected chi connectivity index (χ3v) is 4.16. The van der Waals surface area contributed by atoms with Gasteiger partial charge in [0.1, 0.15) is 0 Å². The van der Waals surface area contributed by atoms with Gasteiger partial charge in [-0.2, -0.15) is 0 Å². The molecule has 0 aliphatic heterocycles. The van der Waals surface area contributed by atoms with Gasteiger partial charge in [-0.3, -0.25) is 14.9 Å². The van der Waals surface area contributed by atoms with Crippen LogP contribution in [0.5, 0.6) is 0 Å². The first-order chi connectivity index (χ1) is 10.1. The molecule has 112 valence electrons. The van der Waals surface area contributed by atoms with Crippen molar-refractivity contribution in [3.05, 3.63) is 51.6 Å². The molecule has 1 amide bonds. The van der Waals surface area contributed by atoms with Crippen LogP contribution in [0, 0.1) is 10.1 Å². The summed E-state index contributed by atoms with van der Waals surface area (Å²) >= 11 is 3.21. The van der Waals surface area contributed by atoms with Crippen molar-refractivity contribution in [3.63, 3.8) is 0 Å². The van der Waals surface area contributed by atoms with Gasteiger partial charge in [-0.1, -0.05) is 34.1 Å². The summed E-state index contributed by atoms with van der Waals surface area (Å²) in [6, 6.07) is 4.73. The van der Waals surface area contributed by atoms with E-state index in [2.05, 4.69) is 33.4 Å². The fraction of sp³-hybridized carbons (Fsp3) is 0.400. The second-order valence-corrected chi connectivity index (χ2v) is 5.59. The number of amides is 1. The van der Waals surface area contributed by atoms with Crippen LogP contribution in [0.15, 0.2) is 30.4 Å². The number of alkyl halides is 1. The average molecular weight is 353 g/mol. The molecule has 5 nitrogen and oxygen atoms in total. The number of rotatable bonds is 4. The molecule has 0 heterocycles. The summed E-state index contributed by atoms with van der Waals surface area (Å²) in [6.45, 7) is 0. The molecule has 21 heavy (non-hydrogen) atoms. The molecule has 1 aromatic carbocycles. The molecule has 0 atom stereocenters. The number of carbonyl (C=O) groups excluding carboxylic acids is 1. The van der Waals surface area contributed by atoms with Crippen molar-refractivity contribution in [2.24, 2.45) is 0 Å². The molecular formula is C15H17BrN2O3. The van der Waals surface area contributed by atoms with Crippen molar-refractivity contribution >= 4 is 27.5 Å². The van der Waals surface area contributed by atoms with E-state index in [1.807, 2.05) is 0 Å². The topological polar surface area (TPSA) is 72.2 Å². The number of nitro benzene ring substituents is 1. The minimum atomic E-state index is -0.455. The first-order valence-corrected chi connectivity index (χ1v) is 8.03. The number of nitro groups is 1. The zero-order chi connectivity index (χ0) is 15.2. The maximum Gasteiger partial charge on any atom is 0.274 e. The molecule has 0 saturated carbocycles. The number of hydrogen-bond acceptors (Lipinski definition) is 3. The number of hydrogen-bond donors (Lipinski definition) is 1. The van der Waals surface area contributed by atoms with Crippen molar-refractivity contribution in [3.8, 4) is 0 Å². The lowest BCUT2D eigenvalue weighted by atomic mass is 10.1. The predicted molar refractivity (Wildman–Crippen MR) is 84.6 cm³/mol. The zero-order valence-electron chi connectivity index (χ0n) is 11.5. The molecule has 0 saturated heterocycles. The largest absolute Gasteiger partial charge is 0.349 e. The van der Waals surface area contributed by atoms with E-state index in [9.17, 15) is 14.9 Å². The fourth-order valence-corrected chi connectivity index (χ4v) is 2.85. The van der Waals surface area contributed by atoms with Gasteiger partial charge in [-0.25, -0.2) is 0 Å². The molecule has 1 aliphatic carbocycles. The number of halogens is 1. The number of benzene rings is 1. The molecule has 0 radical (unpaired) electrons. The Labute approximate surface area is 131 Å². The van der Waals surface area contributed by atoms with Crippen LogP contribution in [-0.4, -0.2) is 16.9 Å². The monoisotopic (exact) mass is 352 g/mol. The lowest BCUT2D eigenvalue weighted by Crippen LogP contribution is -2.34. The Hall–Kier alpha value is -1.69. The standard InChI is InChI=1S/C15H17BrN2O3/c16-10-12-8-7-11(9-14(12)18(20)21)15(19)17-13-5-3-1-2-4-6-13/h1-2,7-9,13H,3-6,10H2,(H,17,19). The summed E-state index contributed by atoms with van der Waals surface area (Å²) in [7, 11) is 0. The van der Waals surface area contributed by atoms with Crippen LogP contribution in [0.3, 0.4) is 0 Å². The lowest BCUT2D eigenvalue weighted by molar-refractivity contribution is -0.385. The zero-order valence-corrected chi connectivity index (χ0v) is 13.1. The van der Waals surface area contributed by atoms with Crippen molar-refractivity contribution in [2.75, 3.05) is 0 Å². The van der Waals surface area contributed by atoms with Crippen LogP contribution in [0.4, 0.5) is 5.69 Å². The fourth-order valence-electron chi connectivity index (χ4n) is 2.38. The minimum Gasteiger partial charge on any atom is -0.349 e. The van der Waals surface area contributed by atoms with Gasteiger partial charge in [-0.05, 0) is 31.7 Å². The van der Waals surface area contributed by atoms with Crippen molar-refractivity contribution in [1.82, 2.24) is 5.32 Å². The molecule has 0 aromatic heterocycles. The SMILES string of the molecule is O=C(NC1CCC=CCC1)c1ccc(CBr)c([N+](=O)[O-])c1. The van der Waals surface area contributed by atoms with E-state index < -0.39 is 4.92 Å². The van der Waals surface area contributed by atoms with E-state index in [-0.39, 0.29) is 17.6 Å². The van der Waals surface area contributed by atoms with E-state index in [0.29, 0.717) is 16.5 Å². The molecule has 1 aromatic rings. The molecule has 1 aliphatic rings. The number of nitrogens with one attached hydrogen (secondary N) is 1. The quantitative estimate of drug-likeness (QED) is 0.388. The highest BCUT2D eigenvalue weighted by molar-refractivity contribution is 9.08. The first-order valence-electron chi connectivity index (χ1n) is 6.91. The molecule has 0 spiro atoms. The van der Waals surface area contributed by atoms with E-state index >= 15 is 0 Å². The van der Waals surface area contributed by atoms with Gasteiger partial charge in [0, 0.05) is 28.6 Å². The third kappa shape index (κ3) is 4.14. The normalized spacial score (nSPS) is 15.5. The van der Waals surface area contributed by atoms with Gasteiger partial charge >= 0.3 is 0 Å². The van der Waals surface area contributed by atoms with E-state index in [4.69, 9.17) is 0 Å². The second kappa shape index (κ2) is 7.36. The molecular weight excluding hydrogens is 336 g/mol. The number of nitrogens with zero attached hydrogens (tertiary/aromatic N) is 1. The smallest absolute Gasteiger partial charge is 0.274 e. The average Bonchev–Trinajstić information content (AvgIpc) is 2.75. The van der Waals surface area contributed by atoms with Gasteiger partial charge in [0.2, 0.25) is 0 Å². The minimum absolute atomic E-state index is 0.0259. The Kier molecular flexibility index (Phi) is 5.50. The molecule has 2 rings (SSSR count). The Morgan fingerprint density at radius 1 is 1.33 bits per heavy atom. The van der Waals surface area contributed by atoms with Crippen molar-refractivity contribution in [1.29, 1.82) is 0 Å². The van der Waals surface area contributed by atoms with Gasteiger partial charge in [0.05, 0.1) is 4.92 Å². The summed E-state index contributed by atoms with van der Waals surface area (Å²) in [5.41, 5.74) is 0.876. The van der Waals surface area contributed by atoms with E-state index in [1.165, 1.54) is 6.07 Å². The first kappa shape index (κ1) is 15.7. The van der Waals surface area contributed by atoms with Gasteiger partial charge < -0.3 is 5.32 Å². The summed E-state index contributed by atoms with van der Waals surface area (Å²) in [6.07, 6.45) is 7.97. The Balaban J connectivity index is 2.11. The Morgan fingerprint density at radius 2 is 2.00 bits per heavy atom. The van der Waals surface area contributed by atoms with Crippen LogP contribution < -0.4 is 5.32 Å². The number of allylic oxidation sites excluding steroid dienone is 2. The van der Waals surface area contributed by atoms with E-state index in [1.54, 1.807) is 12.1 Å². The van der Waals surface area contributed by atoms with Crippen LogP contribution in [0.2, 0.25) is 0 Å². The van der Waals surface area contributed by atoms with Crippen LogP contribution in [0.25, 0.3) is 0 Å². The van der Waals surface area contributed by atoms with Crippen LogP contribution in [-0.2, 0) is 5.33 Å². The van der Waals surface area contributed by atoms with Crippen molar-refractivity contribution < 1.29 is 9.72 Å². The van der Waals surface area contributed by atoms with E-state index in [0.717, 1.165) is 25.7 Å². The van der Waals surface area contributed by atoms with Crippen molar-refractivity contribution in [2.45, 2.75) is 37.1 Å². The molecule has 1 N–H and O–H groups in total. The maximum atomic E-state index is 12.2. The van der Waals surface area contributed by atoms with Gasteiger partial charge in [0.15, 0.2) is 0 Å². The highest BCUT2D eigenvalue weighted by Gasteiger charge is 2.19. The summed E-state index contributed by atoms with van der Waals surface area (Å²) in [5.74, 6) is -0.244. The van der Waals surface area contributed by atoms with Gasteiger partial charge in [0.25, 0.3) is 11.6 Å². The Morgan fingerprint density at radius 3 is 2.57 bits per heavy atom. The van der Waals surface area contributed by atoms with Gasteiger partial charge in [-0.15, -0.1) is 0 Å². The van der Waals surface area contributed by atoms with Crippen LogP contribution in [0.1, 0.15) is 41.6 Å². The second-order valence-electron chi connectivity index (χ2n) is 5.03. The summed E-state index contributed by atoms with van der Waals surface area (Å²) in [5, 5.41) is 14.4. The van der Waals surface area contributed by atoms with Crippen LogP contribution >= 0.6 is 15.9 Å².